The summed E-state index contributed by atoms with van der Waals surface area (Å²) in [7, 11) is 1.63. The standard InChI is InChI=1S/C11H19NO2/c1-8(2)9-6-7-12(10(9)13)11(3,4)14-5/h6-7H2,1-5H3. The molecule has 0 atom stereocenters. The quantitative estimate of drug-likeness (QED) is 0.633. The van der Waals surface area contributed by atoms with Crippen LogP contribution in [0.3, 0.4) is 0 Å². The highest BCUT2D eigenvalue weighted by molar-refractivity contribution is 5.96. The van der Waals surface area contributed by atoms with E-state index >= 15 is 0 Å². The third-order valence-electron chi connectivity index (χ3n) is 2.84. The summed E-state index contributed by atoms with van der Waals surface area (Å²) in [5.41, 5.74) is 1.56. The van der Waals surface area contributed by atoms with Crippen LogP contribution in [0.4, 0.5) is 0 Å². The molecule has 0 unspecified atom stereocenters. The van der Waals surface area contributed by atoms with Crippen molar-refractivity contribution in [1.82, 2.24) is 4.90 Å². The third kappa shape index (κ3) is 1.82. The summed E-state index contributed by atoms with van der Waals surface area (Å²) in [6.07, 6.45) is 0.841. The van der Waals surface area contributed by atoms with E-state index in [1.54, 1.807) is 12.0 Å². The van der Waals surface area contributed by atoms with Gasteiger partial charge in [0.15, 0.2) is 0 Å². The molecule has 14 heavy (non-hydrogen) atoms. The normalized spacial score (nSPS) is 17.9. The van der Waals surface area contributed by atoms with E-state index in [1.807, 2.05) is 27.7 Å². The zero-order valence-electron chi connectivity index (χ0n) is 9.68. The lowest BCUT2D eigenvalue weighted by molar-refractivity contribution is -0.150. The molecule has 0 radical (unpaired) electrons. The Hall–Kier alpha value is -0.830. The first-order valence-electron chi connectivity index (χ1n) is 4.93. The maximum absolute atomic E-state index is 11.9. The molecule has 0 aromatic heterocycles. The number of allylic oxidation sites excluding steroid dienone is 1. The van der Waals surface area contributed by atoms with Gasteiger partial charge in [0, 0.05) is 19.2 Å². The van der Waals surface area contributed by atoms with Gasteiger partial charge in [0.25, 0.3) is 5.91 Å². The molecule has 1 fully saturated rings. The van der Waals surface area contributed by atoms with E-state index < -0.39 is 5.72 Å². The minimum Gasteiger partial charge on any atom is -0.359 e. The van der Waals surface area contributed by atoms with Crippen LogP contribution in [-0.4, -0.2) is 30.2 Å². The van der Waals surface area contributed by atoms with Crippen molar-refractivity contribution in [2.75, 3.05) is 13.7 Å². The molecule has 0 saturated carbocycles. The van der Waals surface area contributed by atoms with Crippen LogP contribution in [0.25, 0.3) is 0 Å². The van der Waals surface area contributed by atoms with Crippen molar-refractivity contribution in [2.45, 2.75) is 39.8 Å². The predicted octanol–water partition coefficient (Wildman–Crippen LogP) is 1.94. The Kier molecular flexibility index (Phi) is 3.00. The summed E-state index contributed by atoms with van der Waals surface area (Å²) in [6, 6.07) is 0. The van der Waals surface area contributed by atoms with Crippen LogP contribution in [-0.2, 0) is 9.53 Å². The second-order valence-electron chi connectivity index (χ2n) is 4.34. The van der Waals surface area contributed by atoms with Gasteiger partial charge in [-0.15, -0.1) is 0 Å². The molecule has 0 bridgehead atoms. The number of methoxy groups -OCH3 is 1. The number of nitrogens with zero attached hydrogens (tertiary/aromatic N) is 1. The SMILES string of the molecule is COC(C)(C)N1CCC(=C(C)C)C1=O. The van der Waals surface area contributed by atoms with E-state index in [0.717, 1.165) is 24.1 Å². The Morgan fingerprint density at radius 2 is 2.00 bits per heavy atom. The van der Waals surface area contributed by atoms with Gasteiger partial charge in [-0.2, -0.15) is 0 Å². The average molecular weight is 197 g/mol. The zero-order chi connectivity index (χ0) is 10.9. The number of carbonyl (C=O) groups excluding carboxylic acids is 1. The molecule has 0 aromatic rings. The number of rotatable bonds is 2. The van der Waals surface area contributed by atoms with Crippen LogP contribution in [0, 0.1) is 0 Å². The Bertz CT molecular complexity index is 275. The van der Waals surface area contributed by atoms with Crippen LogP contribution >= 0.6 is 0 Å². The first-order valence-corrected chi connectivity index (χ1v) is 4.93. The highest BCUT2D eigenvalue weighted by Crippen LogP contribution is 2.27. The van der Waals surface area contributed by atoms with Crippen molar-refractivity contribution in [3.63, 3.8) is 0 Å². The fourth-order valence-corrected chi connectivity index (χ4v) is 1.68. The molecule has 1 heterocycles. The lowest BCUT2D eigenvalue weighted by Crippen LogP contribution is -2.46. The lowest BCUT2D eigenvalue weighted by Gasteiger charge is -2.33. The van der Waals surface area contributed by atoms with Crippen LogP contribution in [0.5, 0.6) is 0 Å². The highest BCUT2D eigenvalue weighted by Gasteiger charge is 2.37. The fourth-order valence-electron chi connectivity index (χ4n) is 1.68. The minimum absolute atomic E-state index is 0.122. The van der Waals surface area contributed by atoms with Crippen molar-refractivity contribution >= 4 is 5.91 Å². The van der Waals surface area contributed by atoms with E-state index in [4.69, 9.17) is 4.74 Å². The predicted molar refractivity (Wildman–Crippen MR) is 55.8 cm³/mol. The van der Waals surface area contributed by atoms with Crippen LogP contribution in [0.2, 0.25) is 0 Å². The van der Waals surface area contributed by atoms with E-state index in [2.05, 4.69) is 0 Å². The monoisotopic (exact) mass is 197 g/mol. The van der Waals surface area contributed by atoms with Gasteiger partial charge in [-0.05, 0) is 34.1 Å². The van der Waals surface area contributed by atoms with Gasteiger partial charge in [-0.3, -0.25) is 4.79 Å². The molecule has 1 rings (SSSR count). The van der Waals surface area contributed by atoms with Gasteiger partial charge in [0.05, 0.1) is 0 Å². The Morgan fingerprint density at radius 3 is 2.36 bits per heavy atom. The summed E-state index contributed by atoms with van der Waals surface area (Å²) in [6.45, 7) is 8.56. The molecular weight excluding hydrogens is 178 g/mol. The second kappa shape index (κ2) is 3.73. The summed E-state index contributed by atoms with van der Waals surface area (Å²) in [4.78, 5) is 13.7. The van der Waals surface area contributed by atoms with Gasteiger partial charge in [0.1, 0.15) is 5.72 Å². The van der Waals surface area contributed by atoms with Gasteiger partial charge in [0.2, 0.25) is 0 Å². The lowest BCUT2D eigenvalue weighted by atomic mass is 10.1. The van der Waals surface area contributed by atoms with E-state index in [9.17, 15) is 4.79 Å². The molecule has 1 saturated heterocycles. The summed E-state index contributed by atoms with van der Waals surface area (Å²) >= 11 is 0. The van der Waals surface area contributed by atoms with Crippen molar-refractivity contribution < 1.29 is 9.53 Å². The summed E-state index contributed by atoms with van der Waals surface area (Å²) in [5, 5.41) is 0. The van der Waals surface area contributed by atoms with E-state index in [1.165, 1.54) is 0 Å². The number of likely N-dealkylation sites (tertiary alicyclic amines) is 1. The van der Waals surface area contributed by atoms with Gasteiger partial charge in [-0.25, -0.2) is 0 Å². The Labute approximate surface area is 85.7 Å². The van der Waals surface area contributed by atoms with Crippen molar-refractivity contribution in [1.29, 1.82) is 0 Å². The van der Waals surface area contributed by atoms with Gasteiger partial charge in [-0.1, -0.05) is 5.57 Å². The molecule has 0 aliphatic carbocycles. The molecule has 3 heteroatoms. The maximum atomic E-state index is 11.9. The van der Waals surface area contributed by atoms with Crippen LogP contribution in [0.15, 0.2) is 11.1 Å². The Balaban J connectivity index is 2.90. The molecule has 80 valence electrons. The third-order valence-corrected chi connectivity index (χ3v) is 2.84. The molecule has 1 aliphatic heterocycles. The summed E-state index contributed by atoms with van der Waals surface area (Å²) < 4.78 is 5.30. The molecule has 0 aromatic carbocycles. The smallest absolute Gasteiger partial charge is 0.252 e. The van der Waals surface area contributed by atoms with Gasteiger partial charge < -0.3 is 9.64 Å². The average Bonchev–Trinajstić information content (AvgIpc) is 2.47. The number of hydrogen-bond donors (Lipinski definition) is 0. The zero-order valence-corrected chi connectivity index (χ0v) is 9.68. The largest absolute Gasteiger partial charge is 0.359 e. The molecule has 0 N–H and O–H groups in total. The number of hydrogen-bond acceptors (Lipinski definition) is 2. The van der Waals surface area contributed by atoms with Crippen molar-refractivity contribution in [3.05, 3.63) is 11.1 Å². The van der Waals surface area contributed by atoms with E-state index in [0.29, 0.717) is 0 Å². The highest BCUT2D eigenvalue weighted by atomic mass is 16.5. The molecule has 1 aliphatic rings. The first-order chi connectivity index (χ1) is 6.40. The van der Waals surface area contributed by atoms with E-state index in [-0.39, 0.29) is 5.91 Å². The molecule has 0 spiro atoms. The number of ether oxygens (including phenoxy) is 1. The van der Waals surface area contributed by atoms with Gasteiger partial charge >= 0.3 is 0 Å². The number of amides is 1. The topological polar surface area (TPSA) is 29.5 Å². The number of carbonyl (C=O) groups is 1. The summed E-state index contributed by atoms with van der Waals surface area (Å²) in [5.74, 6) is 0.122. The van der Waals surface area contributed by atoms with Crippen molar-refractivity contribution in [2.24, 2.45) is 0 Å². The molecular formula is C11H19NO2. The molecule has 1 amide bonds. The molecule has 3 nitrogen and oxygen atoms in total. The fraction of sp³-hybridized carbons (Fsp3) is 0.727. The van der Waals surface area contributed by atoms with Crippen LogP contribution in [0.1, 0.15) is 34.1 Å². The maximum Gasteiger partial charge on any atom is 0.252 e. The second-order valence-corrected chi connectivity index (χ2v) is 4.34. The van der Waals surface area contributed by atoms with Crippen molar-refractivity contribution in [3.8, 4) is 0 Å². The minimum atomic E-state index is -0.492. The Morgan fingerprint density at radius 1 is 1.43 bits per heavy atom. The van der Waals surface area contributed by atoms with Crippen LogP contribution < -0.4 is 0 Å². The first kappa shape index (κ1) is 11.2.